The lowest BCUT2D eigenvalue weighted by Gasteiger charge is -2.04. The first-order valence-electron chi connectivity index (χ1n) is 5.23. The maximum absolute atomic E-state index is 13.2. The summed E-state index contributed by atoms with van der Waals surface area (Å²) in [5.74, 6) is 3.85. The number of amides is 1. The van der Waals surface area contributed by atoms with Crippen LogP contribution in [-0.4, -0.2) is 12.5 Å². The van der Waals surface area contributed by atoms with Gasteiger partial charge in [-0.3, -0.25) is 4.79 Å². The zero-order valence-electron chi connectivity index (χ0n) is 9.52. The van der Waals surface area contributed by atoms with Crippen molar-refractivity contribution in [3.63, 3.8) is 0 Å². The summed E-state index contributed by atoms with van der Waals surface area (Å²) in [7, 11) is 0. The fraction of sp³-hybridized carbons (Fsp3) is 0.308. The summed E-state index contributed by atoms with van der Waals surface area (Å²) >= 11 is 0. The predicted molar refractivity (Wildman–Crippen MR) is 61.1 cm³/mol. The van der Waals surface area contributed by atoms with Gasteiger partial charge in [-0.25, -0.2) is 8.78 Å². The van der Waals surface area contributed by atoms with Gasteiger partial charge in [0.2, 0.25) is 5.91 Å². The zero-order valence-corrected chi connectivity index (χ0v) is 9.52. The SMILES string of the molecule is CC#CCCNC(=O)Cc1ccc(F)cc1F. The normalized spacial score (nSPS) is 9.35. The first kappa shape index (κ1) is 13.2. The first-order valence-corrected chi connectivity index (χ1v) is 5.23. The third-order valence-corrected chi connectivity index (χ3v) is 2.12. The molecule has 0 bridgehead atoms. The van der Waals surface area contributed by atoms with Gasteiger partial charge in [0.1, 0.15) is 11.6 Å². The van der Waals surface area contributed by atoms with Gasteiger partial charge in [0.25, 0.3) is 0 Å². The number of carbonyl (C=O) groups excluding carboxylic acids is 1. The Labute approximate surface area is 99.0 Å². The topological polar surface area (TPSA) is 29.1 Å². The summed E-state index contributed by atoms with van der Waals surface area (Å²) in [6.07, 6.45) is 0.472. The Hall–Kier alpha value is -1.89. The lowest BCUT2D eigenvalue weighted by molar-refractivity contribution is -0.120. The molecule has 0 aliphatic rings. The number of nitrogens with one attached hydrogen (secondary N) is 1. The molecular weight excluding hydrogens is 224 g/mol. The molecule has 0 aliphatic heterocycles. The van der Waals surface area contributed by atoms with E-state index < -0.39 is 11.6 Å². The van der Waals surface area contributed by atoms with Crippen molar-refractivity contribution in [2.24, 2.45) is 0 Å². The van der Waals surface area contributed by atoms with Crippen LogP contribution in [0.15, 0.2) is 18.2 Å². The molecule has 0 aromatic heterocycles. The lowest BCUT2D eigenvalue weighted by atomic mass is 10.1. The molecule has 2 nitrogen and oxygen atoms in total. The molecule has 0 radical (unpaired) electrons. The van der Waals surface area contributed by atoms with E-state index in [9.17, 15) is 13.6 Å². The van der Waals surface area contributed by atoms with Crippen LogP contribution in [0.1, 0.15) is 18.9 Å². The average molecular weight is 237 g/mol. The van der Waals surface area contributed by atoms with Gasteiger partial charge in [0.05, 0.1) is 6.42 Å². The number of hydrogen-bond donors (Lipinski definition) is 1. The highest BCUT2D eigenvalue weighted by Crippen LogP contribution is 2.09. The van der Waals surface area contributed by atoms with Crippen LogP contribution >= 0.6 is 0 Å². The Balaban J connectivity index is 2.47. The molecule has 17 heavy (non-hydrogen) atoms. The summed E-state index contributed by atoms with van der Waals surface area (Å²) < 4.78 is 25.8. The molecule has 1 N–H and O–H groups in total. The molecule has 1 amide bonds. The standard InChI is InChI=1S/C13H13F2NO/c1-2-3-4-7-16-13(17)8-10-5-6-11(14)9-12(10)15/h5-6,9H,4,7-8H2,1H3,(H,16,17). The minimum Gasteiger partial charge on any atom is -0.355 e. The second kappa shape index (κ2) is 6.64. The van der Waals surface area contributed by atoms with E-state index in [1.54, 1.807) is 6.92 Å². The average Bonchev–Trinajstić information content (AvgIpc) is 2.28. The fourth-order valence-electron chi connectivity index (χ4n) is 1.29. The molecule has 1 aromatic carbocycles. The van der Waals surface area contributed by atoms with E-state index in [2.05, 4.69) is 17.2 Å². The quantitative estimate of drug-likeness (QED) is 0.630. The van der Waals surface area contributed by atoms with Crippen LogP contribution in [-0.2, 0) is 11.2 Å². The van der Waals surface area contributed by atoms with Crippen LogP contribution in [0.2, 0.25) is 0 Å². The van der Waals surface area contributed by atoms with Gasteiger partial charge >= 0.3 is 0 Å². The van der Waals surface area contributed by atoms with Crippen molar-refractivity contribution >= 4 is 5.91 Å². The second-order valence-electron chi connectivity index (χ2n) is 3.44. The van der Waals surface area contributed by atoms with Crippen LogP contribution < -0.4 is 5.32 Å². The highest BCUT2D eigenvalue weighted by molar-refractivity contribution is 5.78. The van der Waals surface area contributed by atoms with Crippen molar-refractivity contribution in [3.05, 3.63) is 35.4 Å². The van der Waals surface area contributed by atoms with Crippen molar-refractivity contribution in [1.82, 2.24) is 5.32 Å². The number of rotatable bonds is 4. The molecule has 0 atom stereocenters. The zero-order chi connectivity index (χ0) is 12.7. The van der Waals surface area contributed by atoms with Crippen molar-refractivity contribution < 1.29 is 13.6 Å². The predicted octanol–water partition coefficient (Wildman–Crippen LogP) is 2.04. The van der Waals surface area contributed by atoms with Crippen LogP contribution in [0.25, 0.3) is 0 Å². The van der Waals surface area contributed by atoms with E-state index in [1.807, 2.05) is 0 Å². The maximum atomic E-state index is 13.2. The number of hydrogen-bond acceptors (Lipinski definition) is 1. The van der Waals surface area contributed by atoms with Crippen molar-refractivity contribution in [2.75, 3.05) is 6.54 Å². The first-order chi connectivity index (χ1) is 8.13. The second-order valence-corrected chi connectivity index (χ2v) is 3.44. The number of benzene rings is 1. The van der Waals surface area contributed by atoms with Gasteiger partial charge in [-0.2, -0.15) is 0 Å². The van der Waals surface area contributed by atoms with Crippen LogP contribution in [0.4, 0.5) is 8.78 Å². The van der Waals surface area contributed by atoms with Gasteiger partial charge in [0, 0.05) is 19.0 Å². The monoisotopic (exact) mass is 237 g/mol. The van der Waals surface area contributed by atoms with Crippen molar-refractivity contribution in [2.45, 2.75) is 19.8 Å². The van der Waals surface area contributed by atoms with E-state index in [1.165, 1.54) is 6.07 Å². The minimum absolute atomic E-state index is 0.0916. The van der Waals surface area contributed by atoms with Gasteiger partial charge in [0.15, 0.2) is 0 Å². The third kappa shape index (κ3) is 4.64. The Morgan fingerprint density at radius 3 is 2.82 bits per heavy atom. The minimum atomic E-state index is -0.700. The van der Waals surface area contributed by atoms with E-state index >= 15 is 0 Å². The highest BCUT2D eigenvalue weighted by Gasteiger charge is 2.08. The van der Waals surface area contributed by atoms with E-state index in [-0.39, 0.29) is 17.9 Å². The molecule has 0 fully saturated rings. The van der Waals surface area contributed by atoms with Gasteiger partial charge < -0.3 is 5.32 Å². The molecule has 0 saturated heterocycles. The Morgan fingerprint density at radius 2 is 2.18 bits per heavy atom. The van der Waals surface area contributed by atoms with Gasteiger partial charge in [-0.15, -0.1) is 11.8 Å². The number of carbonyl (C=O) groups is 1. The molecule has 90 valence electrons. The van der Waals surface area contributed by atoms with Crippen LogP contribution in [0, 0.1) is 23.5 Å². The summed E-state index contributed by atoms with van der Waals surface area (Å²) in [6, 6.07) is 3.18. The van der Waals surface area contributed by atoms with E-state index in [0.29, 0.717) is 13.0 Å². The Kier molecular flexibility index (Phi) is 5.15. The van der Waals surface area contributed by atoms with Crippen LogP contribution in [0.5, 0.6) is 0 Å². The highest BCUT2D eigenvalue weighted by atomic mass is 19.1. The maximum Gasteiger partial charge on any atom is 0.224 e. The molecule has 4 heteroatoms. The Morgan fingerprint density at radius 1 is 1.41 bits per heavy atom. The Bertz CT molecular complexity index is 460. The molecule has 1 aromatic rings. The lowest BCUT2D eigenvalue weighted by Crippen LogP contribution is -2.26. The summed E-state index contributed by atoms with van der Waals surface area (Å²) in [5.41, 5.74) is 0.186. The third-order valence-electron chi connectivity index (χ3n) is 2.12. The van der Waals surface area contributed by atoms with Gasteiger partial charge in [-0.1, -0.05) is 6.07 Å². The number of halogens is 2. The molecule has 0 aliphatic carbocycles. The van der Waals surface area contributed by atoms with Crippen LogP contribution in [0.3, 0.4) is 0 Å². The fourth-order valence-corrected chi connectivity index (χ4v) is 1.29. The molecule has 0 saturated carbocycles. The van der Waals surface area contributed by atoms with Gasteiger partial charge in [-0.05, 0) is 18.6 Å². The van der Waals surface area contributed by atoms with Crippen molar-refractivity contribution in [1.29, 1.82) is 0 Å². The summed E-state index contributed by atoms with van der Waals surface area (Å²) in [5, 5.41) is 2.61. The summed E-state index contributed by atoms with van der Waals surface area (Å²) in [4.78, 5) is 11.4. The summed E-state index contributed by atoms with van der Waals surface area (Å²) in [6.45, 7) is 2.15. The smallest absolute Gasteiger partial charge is 0.224 e. The van der Waals surface area contributed by atoms with E-state index in [4.69, 9.17) is 0 Å². The largest absolute Gasteiger partial charge is 0.355 e. The molecule has 0 heterocycles. The molecule has 0 unspecified atom stereocenters. The van der Waals surface area contributed by atoms with E-state index in [0.717, 1.165) is 12.1 Å². The molecule has 1 rings (SSSR count). The van der Waals surface area contributed by atoms with Crippen molar-refractivity contribution in [3.8, 4) is 11.8 Å². The molecular formula is C13H13F2NO. The molecule has 0 spiro atoms.